The predicted molar refractivity (Wildman–Crippen MR) is 56.9 cm³/mol. The molecule has 0 bridgehead atoms. The molecular formula is C10H6ClFOS. The van der Waals surface area contributed by atoms with E-state index in [0.717, 1.165) is 4.70 Å². The van der Waals surface area contributed by atoms with E-state index in [1.54, 1.807) is 13.0 Å². The summed E-state index contributed by atoms with van der Waals surface area (Å²) in [6.45, 7) is 1.66. The molecule has 1 aromatic carbocycles. The first kappa shape index (κ1) is 9.62. The lowest BCUT2D eigenvalue weighted by molar-refractivity contribution is 0.112. The molecule has 1 nitrogen and oxygen atoms in total. The number of benzene rings is 1. The Labute approximate surface area is 89.1 Å². The molecule has 0 saturated carbocycles. The van der Waals surface area contributed by atoms with Gasteiger partial charge in [-0.05, 0) is 24.6 Å². The Morgan fingerprint density at radius 3 is 2.86 bits per heavy atom. The van der Waals surface area contributed by atoms with Crippen LogP contribution in [-0.2, 0) is 0 Å². The zero-order valence-corrected chi connectivity index (χ0v) is 8.88. The van der Waals surface area contributed by atoms with E-state index < -0.39 is 0 Å². The Kier molecular flexibility index (Phi) is 2.29. The van der Waals surface area contributed by atoms with E-state index in [4.69, 9.17) is 11.6 Å². The number of hydrogen-bond donors (Lipinski definition) is 0. The number of hydrogen-bond acceptors (Lipinski definition) is 2. The Bertz CT molecular complexity index is 518. The molecule has 0 unspecified atom stereocenters. The summed E-state index contributed by atoms with van der Waals surface area (Å²) in [6, 6.07) is 3.03. The Balaban J connectivity index is 2.93. The van der Waals surface area contributed by atoms with Crippen molar-refractivity contribution in [3.63, 3.8) is 0 Å². The van der Waals surface area contributed by atoms with Gasteiger partial charge in [-0.3, -0.25) is 4.79 Å². The molecule has 0 aliphatic heterocycles. The molecule has 0 atom stereocenters. The van der Waals surface area contributed by atoms with Crippen LogP contribution in [0.15, 0.2) is 12.1 Å². The van der Waals surface area contributed by atoms with Gasteiger partial charge in [-0.25, -0.2) is 4.39 Å². The maximum absolute atomic E-state index is 13.2. The number of carbonyl (C=O) groups is 1. The fraction of sp³-hybridized carbons (Fsp3) is 0.100. The van der Waals surface area contributed by atoms with Gasteiger partial charge in [0.25, 0.3) is 0 Å². The molecule has 0 radical (unpaired) electrons. The van der Waals surface area contributed by atoms with Crippen molar-refractivity contribution in [1.82, 2.24) is 0 Å². The average Bonchev–Trinajstić information content (AvgIpc) is 2.50. The quantitative estimate of drug-likeness (QED) is 0.679. The second-order valence-corrected chi connectivity index (χ2v) is 4.41. The summed E-state index contributed by atoms with van der Waals surface area (Å²) < 4.78 is 14.0. The predicted octanol–water partition coefficient (Wildman–Crippen LogP) is 3.81. The minimum Gasteiger partial charge on any atom is -0.297 e. The van der Waals surface area contributed by atoms with Crippen LogP contribution >= 0.6 is 22.9 Å². The number of aryl methyl sites for hydroxylation is 1. The SMILES string of the molecule is Cc1c(F)ccc2sc(C=O)c(Cl)c12. The summed E-state index contributed by atoms with van der Waals surface area (Å²) in [6.07, 6.45) is 0.699. The van der Waals surface area contributed by atoms with Gasteiger partial charge in [-0.2, -0.15) is 0 Å². The van der Waals surface area contributed by atoms with Gasteiger partial charge < -0.3 is 0 Å². The number of fused-ring (bicyclic) bond motifs is 1. The molecule has 2 aromatic rings. The summed E-state index contributed by atoms with van der Waals surface area (Å²) in [7, 11) is 0. The summed E-state index contributed by atoms with van der Waals surface area (Å²) >= 11 is 7.23. The van der Waals surface area contributed by atoms with Crippen LogP contribution in [0.25, 0.3) is 10.1 Å². The number of halogens is 2. The van der Waals surface area contributed by atoms with Gasteiger partial charge in [0.05, 0.1) is 9.90 Å². The first-order valence-electron chi connectivity index (χ1n) is 3.97. The molecule has 0 amide bonds. The summed E-state index contributed by atoms with van der Waals surface area (Å²) in [4.78, 5) is 11.1. The van der Waals surface area contributed by atoms with Crippen molar-refractivity contribution >= 4 is 39.3 Å². The average molecular weight is 229 g/mol. The molecule has 0 fully saturated rings. The highest BCUT2D eigenvalue weighted by Gasteiger charge is 2.13. The van der Waals surface area contributed by atoms with Gasteiger partial charge in [0, 0.05) is 10.1 Å². The maximum Gasteiger partial charge on any atom is 0.161 e. The highest BCUT2D eigenvalue weighted by atomic mass is 35.5. The van der Waals surface area contributed by atoms with Crippen molar-refractivity contribution in [1.29, 1.82) is 0 Å². The second-order valence-electron chi connectivity index (χ2n) is 2.94. The smallest absolute Gasteiger partial charge is 0.161 e. The third-order valence-electron chi connectivity index (χ3n) is 2.12. The molecule has 1 aromatic heterocycles. The Morgan fingerprint density at radius 2 is 2.21 bits per heavy atom. The van der Waals surface area contributed by atoms with Crippen molar-refractivity contribution in [3.05, 3.63) is 33.4 Å². The zero-order chi connectivity index (χ0) is 10.3. The molecule has 2 rings (SSSR count). The number of rotatable bonds is 1. The molecule has 72 valence electrons. The molecule has 0 aliphatic carbocycles. The molecule has 0 aliphatic rings. The van der Waals surface area contributed by atoms with Gasteiger partial charge in [0.15, 0.2) is 6.29 Å². The fourth-order valence-corrected chi connectivity index (χ4v) is 2.81. The van der Waals surface area contributed by atoms with Crippen LogP contribution < -0.4 is 0 Å². The van der Waals surface area contributed by atoms with E-state index in [1.165, 1.54) is 17.4 Å². The minimum atomic E-state index is -0.297. The van der Waals surface area contributed by atoms with Crippen molar-refractivity contribution < 1.29 is 9.18 Å². The van der Waals surface area contributed by atoms with E-state index in [0.29, 0.717) is 27.1 Å². The van der Waals surface area contributed by atoms with E-state index >= 15 is 0 Å². The van der Waals surface area contributed by atoms with E-state index in [2.05, 4.69) is 0 Å². The third kappa shape index (κ3) is 1.24. The lowest BCUT2D eigenvalue weighted by Crippen LogP contribution is -1.81. The first-order chi connectivity index (χ1) is 6.65. The fourth-order valence-electron chi connectivity index (χ4n) is 1.38. The molecule has 4 heteroatoms. The summed E-state index contributed by atoms with van der Waals surface area (Å²) in [5.41, 5.74) is 0.497. The topological polar surface area (TPSA) is 17.1 Å². The first-order valence-corrected chi connectivity index (χ1v) is 5.17. The molecular weight excluding hydrogens is 223 g/mol. The van der Waals surface area contributed by atoms with Gasteiger partial charge in [-0.15, -0.1) is 11.3 Å². The van der Waals surface area contributed by atoms with Gasteiger partial charge in [-0.1, -0.05) is 11.6 Å². The van der Waals surface area contributed by atoms with Crippen molar-refractivity contribution in [2.75, 3.05) is 0 Å². The largest absolute Gasteiger partial charge is 0.297 e. The lowest BCUT2D eigenvalue weighted by atomic mass is 10.1. The highest BCUT2D eigenvalue weighted by molar-refractivity contribution is 7.21. The van der Waals surface area contributed by atoms with Crippen LogP contribution in [0.2, 0.25) is 5.02 Å². The van der Waals surface area contributed by atoms with Crippen LogP contribution in [0.1, 0.15) is 15.2 Å². The zero-order valence-electron chi connectivity index (χ0n) is 7.30. The van der Waals surface area contributed by atoms with Gasteiger partial charge >= 0.3 is 0 Å². The second kappa shape index (κ2) is 3.33. The van der Waals surface area contributed by atoms with Crippen molar-refractivity contribution in [3.8, 4) is 0 Å². The molecule has 0 N–H and O–H groups in total. The maximum atomic E-state index is 13.2. The third-order valence-corrected chi connectivity index (χ3v) is 3.71. The van der Waals surface area contributed by atoms with Crippen LogP contribution in [0.3, 0.4) is 0 Å². The van der Waals surface area contributed by atoms with E-state index in [-0.39, 0.29) is 5.82 Å². The minimum absolute atomic E-state index is 0.297. The molecule has 1 heterocycles. The number of carbonyl (C=O) groups excluding carboxylic acids is 1. The van der Waals surface area contributed by atoms with E-state index in [9.17, 15) is 9.18 Å². The van der Waals surface area contributed by atoms with Crippen LogP contribution in [0, 0.1) is 12.7 Å². The van der Waals surface area contributed by atoms with Crippen LogP contribution in [0.4, 0.5) is 4.39 Å². The van der Waals surface area contributed by atoms with Crippen LogP contribution in [-0.4, -0.2) is 6.29 Å². The van der Waals surface area contributed by atoms with E-state index in [1.807, 2.05) is 0 Å². The Hall–Kier alpha value is -0.930. The molecule has 0 spiro atoms. The van der Waals surface area contributed by atoms with Crippen molar-refractivity contribution in [2.24, 2.45) is 0 Å². The van der Waals surface area contributed by atoms with Crippen LogP contribution in [0.5, 0.6) is 0 Å². The van der Waals surface area contributed by atoms with Crippen molar-refractivity contribution in [2.45, 2.75) is 6.92 Å². The summed E-state index contributed by atoms with van der Waals surface area (Å²) in [5, 5.41) is 1.01. The molecule has 0 saturated heterocycles. The summed E-state index contributed by atoms with van der Waals surface area (Å²) in [5.74, 6) is -0.297. The number of aldehydes is 1. The molecule has 14 heavy (non-hydrogen) atoms. The monoisotopic (exact) mass is 228 g/mol. The van der Waals surface area contributed by atoms with Gasteiger partial charge in [0.2, 0.25) is 0 Å². The number of thiophene rings is 1. The standard InChI is InChI=1S/C10H6ClFOS/c1-5-6(12)2-3-7-9(5)10(11)8(4-13)14-7/h2-4H,1H3. The lowest BCUT2D eigenvalue weighted by Gasteiger charge is -1.97. The normalized spacial score (nSPS) is 10.8. The Morgan fingerprint density at radius 1 is 1.50 bits per heavy atom. The highest BCUT2D eigenvalue weighted by Crippen LogP contribution is 2.36. The van der Waals surface area contributed by atoms with Gasteiger partial charge in [0.1, 0.15) is 5.82 Å².